The van der Waals surface area contributed by atoms with E-state index in [2.05, 4.69) is 22.8 Å². The summed E-state index contributed by atoms with van der Waals surface area (Å²) < 4.78 is 15.7. The number of carbonyl (C=O) groups is 2. The van der Waals surface area contributed by atoms with Crippen molar-refractivity contribution in [1.82, 2.24) is 10.6 Å². The lowest BCUT2D eigenvalue weighted by molar-refractivity contribution is -0.120. The SMILES string of the molecule is COc1cc(C(=O)NCC(=O)NCCSCc2ccccc2)cc(OC)c1OC. The topological polar surface area (TPSA) is 85.9 Å². The molecule has 0 heterocycles. The van der Waals surface area contributed by atoms with Gasteiger partial charge < -0.3 is 24.8 Å². The Morgan fingerprint density at radius 1 is 0.931 bits per heavy atom. The highest BCUT2D eigenvalue weighted by atomic mass is 32.2. The molecule has 0 atom stereocenters. The van der Waals surface area contributed by atoms with E-state index in [0.29, 0.717) is 29.4 Å². The number of carbonyl (C=O) groups excluding carboxylic acids is 2. The van der Waals surface area contributed by atoms with Crippen molar-refractivity contribution in [3.05, 3.63) is 53.6 Å². The van der Waals surface area contributed by atoms with Crippen LogP contribution in [0, 0.1) is 0 Å². The Hall–Kier alpha value is -2.87. The lowest BCUT2D eigenvalue weighted by atomic mass is 10.1. The van der Waals surface area contributed by atoms with Crippen LogP contribution >= 0.6 is 11.8 Å². The first kappa shape index (κ1) is 22.4. The number of ether oxygens (including phenoxy) is 3. The maximum atomic E-state index is 12.4. The summed E-state index contributed by atoms with van der Waals surface area (Å²) in [5.41, 5.74) is 1.56. The molecule has 156 valence electrons. The monoisotopic (exact) mass is 418 g/mol. The number of hydrogen-bond acceptors (Lipinski definition) is 6. The van der Waals surface area contributed by atoms with E-state index >= 15 is 0 Å². The zero-order chi connectivity index (χ0) is 21.1. The van der Waals surface area contributed by atoms with E-state index in [0.717, 1.165) is 11.5 Å². The van der Waals surface area contributed by atoms with Crippen LogP contribution in [0.1, 0.15) is 15.9 Å². The van der Waals surface area contributed by atoms with E-state index in [-0.39, 0.29) is 12.5 Å². The van der Waals surface area contributed by atoms with Gasteiger partial charge >= 0.3 is 0 Å². The first-order chi connectivity index (χ1) is 14.1. The van der Waals surface area contributed by atoms with Crippen molar-refractivity contribution in [2.75, 3.05) is 40.2 Å². The fraction of sp³-hybridized carbons (Fsp3) is 0.333. The number of benzene rings is 2. The van der Waals surface area contributed by atoms with Crippen LogP contribution in [-0.2, 0) is 10.5 Å². The molecule has 2 aromatic carbocycles. The molecule has 0 aromatic heterocycles. The number of rotatable bonds is 11. The van der Waals surface area contributed by atoms with Gasteiger partial charge in [0.2, 0.25) is 11.7 Å². The van der Waals surface area contributed by atoms with Crippen molar-refractivity contribution in [2.45, 2.75) is 5.75 Å². The highest BCUT2D eigenvalue weighted by Gasteiger charge is 2.17. The van der Waals surface area contributed by atoms with Gasteiger partial charge in [0.15, 0.2) is 11.5 Å². The zero-order valence-corrected chi connectivity index (χ0v) is 17.6. The van der Waals surface area contributed by atoms with Crippen LogP contribution in [0.25, 0.3) is 0 Å². The summed E-state index contributed by atoms with van der Waals surface area (Å²) in [6.45, 7) is 0.426. The van der Waals surface area contributed by atoms with Crippen LogP contribution in [0.4, 0.5) is 0 Å². The number of methoxy groups -OCH3 is 3. The highest BCUT2D eigenvalue weighted by Crippen LogP contribution is 2.38. The molecule has 29 heavy (non-hydrogen) atoms. The molecule has 0 spiro atoms. The van der Waals surface area contributed by atoms with Crippen LogP contribution in [0.3, 0.4) is 0 Å². The largest absolute Gasteiger partial charge is 0.493 e. The second kappa shape index (κ2) is 11.9. The van der Waals surface area contributed by atoms with E-state index in [4.69, 9.17) is 14.2 Å². The van der Waals surface area contributed by atoms with Gasteiger partial charge in [-0.3, -0.25) is 9.59 Å². The number of nitrogens with one attached hydrogen (secondary N) is 2. The molecular formula is C21H26N2O5S. The van der Waals surface area contributed by atoms with E-state index in [1.807, 2.05) is 18.2 Å². The molecule has 7 nitrogen and oxygen atoms in total. The third-order valence-corrected chi connectivity index (χ3v) is 5.05. The van der Waals surface area contributed by atoms with E-state index in [1.165, 1.54) is 39.0 Å². The summed E-state index contributed by atoms with van der Waals surface area (Å²) in [4.78, 5) is 24.3. The van der Waals surface area contributed by atoms with Crippen molar-refractivity contribution in [1.29, 1.82) is 0 Å². The molecular weight excluding hydrogens is 392 g/mol. The molecule has 0 saturated heterocycles. The quantitative estimate of drug-likeness (QED) is 0.546. The zero-order valence-electron chi connectivity index (χ0n) is 16.8. The van der Waals surface area contributed by atoms with Crippen LogP contribution < -0.4 is 24.8 Å². The number of amides is 2. The summed E-state index contributed by atoms with van der Waals surface area (Å²) >= 11 is 1.74. The average Bonchev–Trinajstić information content (AvgIpc) is 2.76. The fourth-order valence-corrected chi connectivity index (χ4v) is 3.38. The smallest absolute Gasteiger partial charge is 0.251 e. The van der Waals surface area contributed by atoms with Gasteiger partial charge in [-0.2, -0.15) is 11.8 Å². The Balaban J connectivity index is 1.76. The molecule has 0 bridgehead atoms. The molecule has 0 fully saturated rings. The van der Waals surface area contributed by atoms with Crippen LogP contribution in [-0.4, -0.2) is 52.0 Å². The summed E-state index contributed by atoms with van der Waals surface area (Å²) in [5, 5.41) is 5.39. The molecule has 2 N–H and O–H groups in total. The maximum Gasteiger partial charge on any atom is 0.251 e. The van der Waals surface area contributed by atoms with Gasteiger partial charge in [-0.1, -0.05) is 30.3 Å². The van der Waals surface area contributed by atoms with Crippen molar-refractivity contribution in [2.24, 2.45) is 0 Å². The Morgan fingerprint density at radius 2 is 1.59 bits per heavy atom. The Morgan fingerprint density at radius 3 is 2.17 bits per heavy atom. The first-order valence-corrected chi connectivity index (χ1v) is 10.2. The van der Waals surface area contributed by atoms with Gasteiger partial charge in [-0.15, -0.1) is 0 Å². The van der Waals surface area contributed by atoms with E-state index in [1.54, 1.807) is 11.8 Å². The third kappa shape index (κ3) is 6.90. The highest BCUT2D eigenvalue weighted by molar-refractivity contribution is 7.98. The van der Waals surface area contributed by atoms with Crippen LogP contribution in [0.2, 0.25) is 0 Å². The van der Waals surface area contributed by atoms with Gasteiger partial charge in [0.25, 0.3) is 5.91 Å². The Kier molecular flexibility index (Phi) is 9.17. The molecule has 2 amide bonds. The third-order valence-electron chi connectivity index (χ3n) is 4.02. The van der Waals surface area contributed by atoms with Crippen LogP contribution in [0.5, 0.6) is 17.2 Å². The molecule has 2 rings (SSSR count). The normalized spacial score (nSPS) is 10.2. The molecule has 0 radical (unpaired) electrons. The van der Waals surface area contributed by atoms with Gasteiger partial charge in [0, 0.05) is 23.6 Å². The van der Waals surface area contributed by atoms with Crippen molar-refractivity contribution < 1.29 is 23.8 Å². The molecule has 2 aromatic rings. The molecule has 0 aliphatic heterocycles. The molecule has 0 unspecified atom stereocenters. The fourth-order valence-electron chi connectivity index (χ4n) is 2.56. The first-order valence-electron chi connectivity index (χ1n) is 9.05. The van der Waals surface area contributed by atoms with Gasteiger partial charge in [-0.25, -0.2) is 0 Å². The molecule has 0 aliphatic carbocycles. The minimum Gasteiger partial charge on any atom is -0.493 e. The lowest BCUT2D eigenvalue weighted by Gasteiger charge is -2.14. The minimum absolute atomic E-state index is 0.112. The Labute approximate surface area is 175 Å². The minimum atomic E-state index is -0.405. The van der Waals surface area contributed by atoms with E-state index < -0.39 is 5.91 Å². The lowest BCUT2D eigenvalue weighted by Crippen LogP contribution is -2.37. The molecule has 0 saturated carbocycles. The van der Waals surface area contributed by atoms with Gasteiger partial charge in [0.1, 0.15) is 0 Å². The number of hydrogen-bond donors (Lipinski definition) is 2. The average molecular weight is 419 g/mol. The Bertz CT molecular complexity index is 789. The maximum absolute atomic E-state index is 12.4. The summed E-state index contributed by atoms with van der Waals surface area (Å²) in [7, 11) is 4.44. The van der Waals surface area contributed by atoms with Crippen molar-refractivity contribution in [3.8, 4) is 17.2 Å². The standard InChI is InChI=1S/C21H26N2O5S/c1-26-17-11-16(12-18(27-2)20(17)28-3)21(25)23-13-19(24)22-9-10-29-14-15-7-5-4-6-8-15/h4-8,11-12H,9-10,13-14H2,1-3H3,(H,22,24)(H,23,25). The second-order valence-electron chi connectivity index (χ2n) is 5.98. The predicted octanol–water partition coefficient (Wildman–Crippen LogP) is 2.49. The van der Waals surface area contributed by atoms with Gasteiger partial charge in [0.05, 0.1) is 27.9 Å². The summed E-state index contributed by atoms with van der Waals surface area (Å²) in [6.07, 6.45) is 0. The van der Waals surface area contributed by atoms with E-state index in [9.17, 15) is 9.59 Å². The predicted molar refractivity (Wildman–Crippen MR) is 114 cm³/mol. The van der Waals surface area contributed by atoms with Crippen molar-refractivity contribution >= 4 is 23.6 Å². The van der Waals surface area contributed by atoms with Gasteiger partial charge in [-0.05, 0) is 17.7 Å². The van der Waals surface area contributed by atoms with Crippen molar-refractivity contribution in [3.63, 3.8) is 0 Å². The number of thioether (sulfide) groups is 1. The summed E-state index contributed by atoms with van der Waals surface area (Å²) in [6, 6.07) is 13.2. The van der Waals surface area contributed by atoms with Crippen LogP contribution in [0.15, 0.2) is 42.5 Å². The molecule has 8 heteroatoms. The second-order valence-corrected chi connectivity index (χ2v) is 7.09. The summed E-state index contributed by atoms with van der Waals surface area (Å²) in [5.74, 6) is 2.19. The molecule has 0 aliphatic rings.